The number of amides is 1. The molecule has 2 N–H and O–H groups in total. The molecule has 0 aromatic heterocycles. The van der Waals surface area contributed by atoms with Crippen molar-refractivity contribution in [2.75, 3.05) is 0 Å². The standard InChI is InChI=1S/C16H14BrNO3/c17-13-8-6-12(7-9-13)16(20)21-14(15(18)19)10-11-4-2-1-3-5-11/h1-9,14H,10H2,(H2,18,19)/t14-/m0/s1. The van der Waals surface area contributed by atoms with Crippen molar-refractivity contribution in [1.82, 2.24) is 0 Å². The molecule has 0 aliphatic heterocycles. The maximum Gasteiger partial charge on any atom is 0.338 e. The Morgan fingerprint density at radius 2 is 1.67 bits per heavy atom. The summed E-state index contributed by atoms with van der Waals surface area (Å²) in [4.78, 5) is 23.5. The molecule has 0 saturated heterocycles. The zero-order chi connectivity index (χ0) is 15.2. The number of halogens is 1. The first-order chi connectivity index (χ1) is 10.1. The molecule has 2 aromatic rings. The lowest BCUT2D eigenvalue weighted by atomic mass is 10.1. The van der Waals surface area contributed by atoms with E-state index in [0.29, 0.717) is 5.56 Å². The summed E-state index contributed by atoms with van der Waals surface area (Å²) in [6.45, 7) is 0. The zero-order valence-corrected chi connectivity index (χ0v) is 12.7. The van der Waals surface area contributed by atoms with E-state index in [2.05, 4.69) is 15.9 Å². The molecule has 108 valence electrons. The molecule has 1 atom stereocenters. The number of rotatable bonds is 5. The summed E-state index contributed by atoms with van der Waals surface area (Å²) in [7, 11) is 0. The van der Waals surface area contributed by atoms with Gasteiger partial charge in [-0.15, -0.1) is 0 Å². The molecule has 0 unspecified atom stereocenters. The monoisotopic (exact) mass is 347 g/mol. The van der Waals surface area contributed by atoms with Gasteiger partial charge in [0.05, 0.1) is 5.56 Å². The summed E-state index contributed by atoms with van der Waals surface area (Å²) in [6, 6.07) is 16.0. The highest BCUT2D eigenvalue weighted by molar-refractivity contribution is 9.10. The Morgan fingerprint density at radius 1 is 1.05 bits per heavy atom. The maximum absolute atomic E-state index is 12.0. The molecule has 4 nitrogen and oxygen atoms in total. The SMILES string of the molecule is NC(=O)[C@H](Cc1ccccc1)OC(=O)c1ccc(Br)cc1. The molecular weight excluding hydrogens is 334 g/mol. The molecular formula is C16H14BrNO3. The van der Waals surface area contributed by atoms with E-state index in [1.165, 1.54) is 0 Å². The van der Waals surface area contributed by atoms with Gasteiger partial charge < -0.3 is 10.5 Å². The summed E-state index contributed by atoms with van der Waals surface area (Å²) in [5.74, 6) is -1.23. The quantitative estimate of drug-likeness (QED) is 0.845. The summed E-state index contributed by atoms with van der Waals surface area (Å²) in [5, 5.41) is 0. The predicted molar refractivity (Wildman–Crippen MR) is 82.7 cm³/mol. The second kappa shape index (κ2) is 7.04. The van der Waals surface area contributed by atoms with E-state index in [1.807, 2.05) is 30.3 Å². The molecule has 0 aliphatic carbocycles. The van der Waals surface area contributed by atoms with Crippen LogP contribution in [-0.2, 0) is 16.0 Å². The van der Waals surface area contributed by atoms with Gasteiger partial charge in [-0.3, -0.25) is 4.79 Å². The van der Waals surface area contributed by atoms with E-state index < -0.39 is 18.0 Å². The number of nitrogens with two attached hydrogens (primary N) is 1. The Bertz CT molecular complexity index is 626. The topological polar surface area (TPSA) is 69.4 Å². The van der Waals surface area contributed by atoms with Crippen molar-refractivity contribution in [2.24, 2.45) is 5.73 Å². The molecule has 1 amide bonds. The average Bonchev–Trinajstić information content (AvgIpc) is 2.48. The number of hydrogen-bond acceptors (Lipinski definition) is 3. The van der Waals surface area contributed by atoms with Gasteiger partial charge in [0.1, 0.15) is 0 Å². The number of hydrogen-bond donors (Lipinski definition) is 1. The Morgan fingerprint density at radius 3 is 2.24 bits per heavy atom. The highest BCUT2D eigenvalue weighted by Crippen LogP contribution is 2.13. The van der Waals surface area contributed by atoms with Gasteiger partial charge in [0.25, 0.3) is 5.91 Å². The summed E-state index contributed by atoms with van der Waals surface area (Å²) >= 11 is 3.29. The lowest BCUT2D eigenvalue weighted by molar-refractivity contribution is -0.126. The molecule has 21 heavy (non-hydrogen) atoms. The third-order valence-corrected chi connectivity index (χ3v) is 3.44. The molecule has 2 aromatic carbocycles. The lowest BCUT2D eigenvalue weighted by Gasteiger charge is -2.14. The number of carbonyl (C=O) groups excluding carboxylic acids is 2. The maximum atomic E-state index is 12.0. The number of primary amides is 1. The van der Waals surface area contributed by atoms with Crippen LogP contribution in [0.25, 0.3) is 0 Å². The molecule has 0 heterocycles. The van der Waals surface area contributed by atoms with Gasteiger partial charge in [0.15, 0.2) is 6.10 Å². The third-order valence-electron chi connectivity index (χ3n) is 2.91. The molecule has 0 fully saturated rings. The number of ether oxygens (including phenoxy) is 1. The average molecular weight is 348 g/mol. The molecule has 0 radical (unpaired) electrons. The number of carbonyl (C=O) groups is 2. The summed E-state index contributed by atoms with van der Waals surface area (Å²) in [6.07, 6.45) is -0.720. The molecule has 5 heteroatoms. The molecule has 0 spiro atoms. The fourth-order valence-corrected chi connectivity index (χ4v) is 2.08. The fourth-order valence-electron chi connectivity index (χ4n) is 1.81. The van der Waals surface area contributed by atoms with Gasteiger partial charge in [0.2, 0.25) is 0 Å². The highest BCUT2D eigenvalue weighted by atomic mass is 79.9. The Kier molecular flexibility index (Phi) is 5.11. The predicted octanol–water partition coefficient (Wildman–Crippen LogP) is 2.70. The van der Waals surface area contributed by atoms with Crippen molar-refractivity contribution < 1.29 is 14.3 Å². The van der Waals surface area contributed by atoms with E-state index >= 15 is 0 Å². The van der Waals surface area contributed by atoms with Crippen molar-refractivity contribution in [1.29, 1.82) is 0 Å². The molecule has 0 aliphatic rings. The van der Waals surface area contributed by atoms with Crippen LogP contribution in [0.1, 0.15) is 15.9 Å². The third kappa shape index (κ3) is 4.43. The van der Waals surface area contributed by atoms with E-state index in [-0.39, 0.29) is 6.42 Å². The van der Waals surface area contributed by atoms with Gasteiger partial charge in [0, 0.05) is 10.9 Å². The first-order valence-electron chi connectivity index (χ1n) is 6.36. The largest absolute Gasteiger partial charge is 0.448 e. The minimum absolute atomic E-state index is 0.262. The van der Waals surface area contributed by atoms with Crippen LogP contribution in [0.5, 0.6) is 0 Å². The van der Waals surface area contributed by atoms with Gasteiger partial charge in [-0.25, -0.2) is 4.79 Å². The molecule has 2 rings (SSSR count). The first kappa shape index (κ1) is 15.3. The van der Waals surface area contributed by atoms with Crippen molar-refractivity contribution in [3.63, 3.8) is 0 Å². The summed E-state index contributed by atoms with van der Waals surface area (Å²) < 4.78 is 6.07. The number of benzene rings is 2. The minimum atomic E-state index is -0.983. The highest BCUT2D eigenvalue weighted by Gasteiger charge is 2.21. The van der Waals surface area contributed by atoms with Crippen LogP contribution in [-0.4, -0.2) is 18.0 Å². The minimum Gasteiger partial charge on any atom is -0.448 e. The van der Waals surface area contributed by atoms with Crippen LogP contribution in [0, 0.1) is 0 Å². The van der Waals surface area contributed by atoms with Gasteiger partial charge in [-0.1, -0.05) is 46.3 Å². The second-order valence-electron chi connectivity index (χ2n) is 4.49. The van der Waals surface area contributed by atoms with Crippen molar-refractivity contribution in [3.8, 4) is 0 Å². The second-order valence-corrected chi connectivity index (χ2v) is 5.41. The van der Waals surface area contributed by atoms with Crippen LogP contribution in [0.2, 0.25) is 0 Å². The molecule has 0 bridgehead atoms. The number of esters is 1. The van der Waals surface area contributed by atoms with E-state index in [9.17, 15) is 9.59 Å². The smallest absolute Gasteiger partial charge is 0.338 e. The Labute approximate surface area is 131 Å². The van der Waals surface area contributed by atoms with Crippen LogP contribution in [0.15, 0.2) is 59.1 Å². The van der Waals surface area contributed by atoms with Crippen LogP contribution in [0.4, 0.5) is 0 Å². The van der Waals surface area contributed by atoms with E-state index in [4.69, 9.17) is 10.5 Å². The first-order valence-corrected chi connectivity index (χ1v) is 7.15. The van der Waals surface area contributed by atoms with Crippen molar-refractivity contribution in [3.05, 3.63) is 70.2 Å². The van der Waals surface area contributed by atoms with Gasteiger partial charge >= 0.3 is 5.97 Å². The fraction of sp³-hybridized carbons (Fsp3) is 0.125. The van der Waals surface area contributed by atoms with Crippen LogP contribution < -0.4 is 5.73 Å². The van der Waals surface area contributed by atoms with E-state index in [0.717, 1.165) is 10.0 Å². The molecule has 0 saturated carbocycles. The van der Waals surface area contributed by atoms with Crippen molar-refractivity contribution in [2.45, 2.75) is 12.5 Å². The van der Waals surface area contributed by atoms with E-state index in [1.54, 1.807) is 24.3 Å². The van der Waals surface area contributed by atoms with Gasteiger partial charge in [-0.2, -0.15) is 0 Å². The van der Waals surface area contributed by atoms with Crippen molar-refractivity contribution >= 4 is 27.8 Å². The zero-order valence-electron chi connectivity index (χ0n) is 11.2. The summed E-state index contributed by atoms with van der Waals surface area (Å²) in [5.41, 5.74) is 6.56. The Balaban J connectivity index is 2.07. The van der Waals surface area contributed by atoms with Gasteiger partial charge in [-0.05, 0) is 29.8 Å². The lowest BCUT2D eigenvalue weighted by Crippen LogP contribution is -2.35. The Hall–Kier alpha value is -2.14. The normalized spacial score (nSPS) is 11.7. The van der Waals surface area contributed by atoms with Crippen LogP contribution >= 0.6 is 15.9 Å². The van der Waals surface area contributed by atoms with Crippen LogP contribution in [0.3, 0.4) is 0 Å².